The molecule has 0 radical (unpaired) electrons. The third-order valence-electron chi connectivity index (χ3n) is 2.73. The van der Waals surface area contributed by atoms with E-state index in [1.54, 1.807) is 18.2 Å². The Morgan fingerprint density at radius 3 is 2.83 bits per heavy atom. The molecule has 0 aromatic heterocycles. The van der Waals surface area contributed by atoms with E-state index in [9.17, 15) is 4.79 Å². The number of hydrogen-bond donors (Lipinski definition) is 2. The molecule has 0 bridgehead atoms. The molecule has 0 aliphatic rings. The number of benzene rings is 1. The number of hydrogen-bond acceptors (Lipinski definition) is 3. The van der Waals surface area contributed by atoms with Crippen molar-refractivity contribution in [2.24, 2.45) is 5.92 Å². The van der Waals surface area contributed by atoms with Crippen LogP contribution in [0.1, 0.15) is 25.3 Å². The fraction of sp³-hybridized carbons (Fsp3) is 0.385. The molecule has 1 unspecified atom stereocenters. The van der Waals surface area contributed by atoms with Crippen molar-refractivity contribution in [1.29, 1.82) is 5.26 Å². The summed E-state index contributed by atoms with van der Waals surface area (Å²) in [5.74, 6) is -0.710. The number of carboxylic acid groups (broad SMARTS) is 1. The first-order valence-corrected chi connectivity index (χ1v) is 6.10. The molecule has 0 spiro atoms. The summed E-state index contributed by atoms with van der Waals surface area (Å²) >= 11 is 5.91. The van der Waals surface area contributed by atoms with Gasteiger partial charge >= 0.3 is 5.97 Å². The van der Waals surface area contributed by atoms with E-state index in [1.807, 2.05) is 13.0 Å². The predicted octanol–water partition coefficient (Wildman–Crippen LogP) is 3.12. The van der Waals surface area contributed by atoms with Crippen molar-refractivity contribution >= 4 is 23.3 Å². The number of anilines is 1. The van der Waals surface area contributed by atoms with Crippen LogP contribution in [0.5, 0.6) is 0 Å². The minimum atomic E-state index is -0.790. The third-order valence-corrected chi connectivity index (χ3v) is 3.04. The van der Waals surface area contributed by atoms with Crippen LogP contribution in [0.3, 0.4) is 0 Å². The van der Waals surface area contributed by atoms with Crippen molar-refractivity contribution in [1.82, 2.24) is 0 Å². The van der Waals surface area contributed by atoms with Gasteiger partial charge in [0, 0.05) is 18.7 Å². The summed E-state index contributed by atoms with van der Waals surface area (Å²) in [4.78, 5) is 10.6. The van der Waals surface area contributed by atoms with Gasteiger partial charge in [-0.05, 0) is 24.1 Å². The van der Waals surface area contributed by atoms with Crippen LogP contribution in [0.15, 0.2) is 18.2 Å². The van der Waals surface area contributed by atoms with Crippen LogP contribution in [0.4, 0.5) is 5.69 Å². The highest BCUT2D eigenvalue weighted by atomic mass is 35.5. The second kappa shape index (κ2) is 6.87. The van der Waals surface area contributed by atoms with Crippen LogP contribution >= 0.6 is 11.6 Å². The first kappa shape index (κ1) is 14.3. The van der Waals surface area contributed by atoms with Crippen LogP contribution in [-0.2, 0) is 4.79 Å². The Hall–Kier alpha value is -1.73. The number of rotatable bonds is 6. The monoisotopic (exact) mass is 266 g/mol. The van der Waals surface area contributed by atoms with E-state index in [4.69, 9.17) is 22.0 Å². The summed E-state index contributed by atoms with van der Waals surface area (Å²) in [5.41, 5.74) is 1.22. The fourth-order valence-electron chi connectivity index (χ4n) is 1.59. The minimum Gasteiger partial charge on any atom is -0.481 e. The van der Waals surface area contributed by atoms with Crippen molar-refractivity contribution < 1.29 is 9.90 Å². The average Bonchev–Trinajstić information content (AvgIpc) is 2.34. The molecular formula is C13H15ClN2O2. The summed E-state index contributed by atoms with van der Waals surface area (Å²) < 4.78 is 0. The third kappa shape index (κ3) is 4.27. The van der Waals surface area contributed by atoms with Gasteiger partial charge in [0.15, 0.2) is 0 Å². The van der Waals surface area contributed by atoms with Crippen molar-refractivity contribution in [3.05, 3.63) is 28.8 Å². The van der Waals surface area contributed by atoms with Crippen LogP contribution in [0.2, 0.25) is 5.02 Å². The van der Waals surface area contributed by atoms with Crippen LogP contribution in [0.25, 0.3) is 0 Å². The zero-order valence-corrected chi connectivity index (χ0v) is 10.9. The van der Waals surface area contributed by atoms with Gasteiger partial charge in [0.25, 0.3) is 0 Å². The molecule has 0 fully saturated rings. The Labute approximate surface area is 111 Å². The van der Waals surface area contributed by atoms with E-state index in [0.29, 0.717) is 17.1 Å². The molecule has 0 amide bonds. The van der Waals surface area contributed by atoms with E-state index >= 15 is 0 Å². The van der Waals surface area contributed by atoms with Crippen molar-refractivity contribution in [3.8, 4) is 6.07 Å². The lowest BCUT2D eigenvalue weighted by molar-refractivity contribution is -0.138. The zero-order valence-electron chi connectivity index (χ0n) is 10.1. The number of carboxylic acids is 1. The van der Waals surface area contributed by atoms with Gasteiger partial charge in [-0.3, -0.25) is 4.79 Å². The summed E-state index contributed by atoms with van der Waals surface area (Å²) in [5, 5.41) is 21.0. The van der Waals surface area contributed by atoms with Crippen molar-refractivity contribution in [3.63, 3.8) is 0 Å². The Bertz CT molecular complexity index is 469. The number of halogens is 1. The maximum Gasteiger partial charge on any atom is 0.303 e. The number of nitrogens with one attached hydrogen (secondary N) is 1. The largest absolute Gasteiger partial charge is 0.481 e. The van der Waals surface area contributed by atoms with E-state index in [2.05, 4.69) is 5.32 Å². The molecule has 1 aromatic rings. The molecule has 18 heavy (non-hydrogen) atoms. The Balaban J connectivity index is 2.60. The molecule has 4 nitrogen and oxygen atoms in total. The second-order valence-electron chi connectivity index (χ2n) is 4.06. The highest BCUT2D eigenvalue weighted by Gasteiger charge is 2.11. The fourth-order valence-corrected chi connectivity index (χ4v) is 1.81. The Morgan fingerprint density at radius 2 is 2.33 bits per heavy atom. The highest BCUT2D eigenvalue weighted by molar-refractivity contribution is 6.32. The number of carbonyl (C=O) groups is 1. The van der Waals surface area contributed by atoms with Gasteiger partial charge in [0.05, 0.1) is 10.6 Å². The minimum absolute atomic E-state index is 0.0805. The molecule has 2 N–H and O–H groups in total. The van der Waals surface area contributed by atoms with Gasteiger partial charge in [0.2, 0.25) is 0 Å². The number of aliphatic carboxylic acids is 1. The summed E-state index contributed by atoms with van der Waals surface area (Å²) in [6, 6.07) is 7.06. The standard InChI is InChI=1S/C13H15ClN2O2/c1-2-9(5-13(17)18)8-16-11-4-3-10(7-15)12(14)6-11/h3-4,6,9,16H,2,5,8H2,1H3,(H,17,18). The van der Waals surface area contributed by atoms with Gasteiger partial charge in [-0.1, -0.05) is 24.9 Å². The molecule has 1 aromatic carbocycles. The average molecular weight is 267 g/mol. The highest BCUT2D eigenvalue weighted by Crippen LogP contribution is 2.21. The first-order valence-electron chi connectivity index (χ1n) is 5.72. The van der Waals surface area contributed by atoms with E-state index in [-0.39, 0.29) is 12.3 Å². The molecule has 1 rings (SSSR count). The predicted molar refractivity (Wildman–Crippen MR) is 70.7 cm³/mol. The summed E-state index contributed by atoms with van der Waals surface area (Å²) in [6.07, 6.45) is 0.941. The van der Waals surface area contributed by atoms with Gasteiger partial charge in [-0.15, -0.1) is 0 Å². The van der Waals surface area contributed by atoms with Gasteiger partial charge in [-0.2, -0.15) is 5.26 Å². The lowest BCUT2D eigenvalue weighted by Gasteiger charge is -2.14. The van der Waals surface area contributed by atoms with Crippen LogP contribution in [-0.4, -0.2) is 17.6 Å². The molecule has 5 heteroatoms. The lowest BCUT2D eigenvalue weighted by atomic mass is 10.0. The molecule has 0 saturated heterocycles. The molecule has 1 atom stereocenters. The van der Waals surface area contributed by atoms with Gasteiger partial charge in [0.1, 0.15) is 6.07 Å². The quantitative estimate of drug-likeness (QED) is 0.830. The maximum atomic E-state index is 10.6. The number of nitriles is 1. The van der Waals surface area contributed by atoms with E-state index in [0.717, 1.165) is 12.1 Å². The number of nitrogens with zero attached hydrogens (tertiary/aromatic N) is 1. The SMILES string of the molecule is CCC(CNc1ccc(C#N)c(Cl)c1)CC(=O)O. The topological polar surface area (TPSA) is 73.1 Å². The molecule has 0 aliphatic heterocycles. The second-order valence-corrected chi connectivity index (χ2v) is 4.47. The molecule has 0 heterocycles. The Morgan fingerprint density at radius 1 is 1.61 bits per heavy atom. The van der Waals surface area contributed by atoms with E-state index < -0.39 is 5.97 Å². The van der Waals surface area contributed by atoms with Crippen molar-refractivity contribution in [2.75, 3.05) is 11.9 Å². The Kier molecular flexibility index (Phi) is 5.47. The van der Waals surface area contributed by atoms with E-state index in [1.165, 1.54) is 0 Å². The van der Waals surface area contributed by atoms with Crippen LogP contribution < -0.4 is 5.32 Å². The molecule has 96 valence electrons. The maximum absolute atomic E-state index is 10.6. The summed E-state index contributed by atoms with van der Waals surface area (Å²) in [7, 11) is 0. The van der Waals surface area contributed by atoms with Crippen molar-refractivity contribution in [2.45, 2.75) is 19.8 Å². The van der Waals surface area contributed by atoms with Gasteiger partial charge in [-0.25, -0.2) is 0 Å². The zero-order chi connectivity index (χ0) is 13.5. The molecule has 0 aliphatic carbocycles. The smallest absolute Gasteiger partial charge is 0.303 e. The molecule has 0 saturated carbocycles. The lowest BCUT2D eigenvalue weighted by Crippen LogP contribution is -2.17. The normalized spacial score (nSPS) is 11.6. The first-order chi connectivity index (χ1) is 8.56. The summed E-state index contributed by atoms with van der Waals surface area (Å²) in [6.45, 7) is 2.53. The molecular weight excluding hydrogens is 252 g/mol. The van der Waals surface area contributed by atoms with Gasteiger partial charge < -0.3 is 10.4 Å². The van der Waals surface area contributed by atoms with Crippen LogP contribution in [0, 0.1) is 17.2 Å².